The van der Waals surface area contributed by atoms with Gasteiger partial charge in [-0.1, -0.05) is 25.1 Å². The molecule has 10 heteroatoms. The summed E-state index contributed by atoms with van der Waals surface area (Å²) >= 11 is 0. The van der Waals surface area contributed by atoms with Crippen molar-refractivity contribution in [1.82, 2.24) is 14.9 Å². The van der Waals surface area contributed by atoms with Gasteiger partial charge in [-0.05, 0) is 32.8 Å². The highest BCUT2D eigenvalue weighted by Crippen LogP contribution is 2.47. The van der Waals surface area contributed by atoms with Crippen LogP contribution in [0.15, 0.2) is 30.3 Å². The molecule has 1 N–H and O–H groups in total. The third-order valence-electron chi connectivity index (χ3n) is 8.03. The Morgan fingerprint density at radius 2 is 1.95 bits per heavy atom. The first-order valence-corrected chi connectivity index (χ1v) is 13.0. The number of aromatic nitrogens is 2. The van der Waals surface area contributed by atoms with E-state index in [1.165, 1.54) is 12.1 Å². The number of amides is 1. The molecule has 1 saturated carbocycles. The number of anilines is 2. The zero-order valence-electron chi connectivity index (χ0n) is 21.6. The van der Waals surface area contributed by atoms with Crippen molar-refractivity contribution < 1.29 is 22.7 Å². The lowest BCUT2D eigenvalue weighted by Crippen LogP contribution is -2.59. The SMILES string of the molecule is Cc1nc(N[C@H](C)c2cccc(C(F)F)c2F)c2cc3c(cc2n1)OC[C@H]1CN(C(=O)C2(C)CC2)CCN31. The molecule has 0 radical (unpaired) electrons. The van der Waals surface area contributed by atoms with E-state index < -0.39 is 23.8 Å². The number of piperazine rings is 1. The van der Waals surface area contributed by atoms with Crippen LogP contribution in [0, 0.1) is 18.2 Å². The Balaban J connectivity index is 1.31. The van der Waals surface area contributed by atoms with E-state index in [0.717, 1.165) is 35.7 Å². The van der Waals surface area contributed by atoms with E-state index in [0.29, 0.717) is 43.4 Å². The van der Waals surface area contributed by atoms with Crippen molar-refractivity contribution in [3.63, 3.8) is 0 Å². The fourth-order valence-electron chi connectivity index (χ4n) is 5.53. The van der Waals surface area contributed by atoms with E-state index in [2.05, 4.69) is 20.2 Å². The number of benzene rings is 2. The molecule has 1 aromatic heterocycles. The Hall–Kier alpha value is -3.56. The number of nitrogens with one attached hydrogen (secondary N) is 1. The zero-order chi connectivity index (χ0) is 26.8. The Labute approximate surface area is 219 Å². The molecular formula is C28H30F3N5O2. The topological polar surface area (TPSA) is 70.6 Å². The van der Waals surface area contributed by atoms with Gasteiger partial charge in [-0.2, -0.15) is 0 Å². The number of alkyl halides is 2. The Bertz CT molecular complexity index is 1430. The van der Waals surface area contributed by atoms with Crippen LogP contribution in [0.1, 0.15) is 56.1 Å². The summed E-state index contributed by atoms with van der Waals surface area (Å²) < 4.78 is 47.5. The molecule has 3 aliphatic rings. The average molecular weight is 526 g/mol. The Morgan fingerprint density at radius 1 is 1.18 bits per heavy atom. The van der Waals surface area contributed by atoms with Gasteiger partial charge in [0.1, 0.15) is 29.8 Å². The molecule has 1 aliphatic carbocycles. The molecule has 2 aromatic carbocycles. The minimum absolute atomic E-state index is 0.0351. The number of carbonyl (C=O) groups is 1. The van der Waals surface area contributed by atoms with Crippen LogP contribution in [0.3, 0.4) is 0 Å². The third kappa shape index (κ3) is 4.19. The fraction of sp³-hybridized carbons (Fsp3) is 0.464. The van der Waals surface area contributed by atoms with Gasteiger partial charge in [-0.25, -0.2) is 23.1 Å². The molecule has 200 valence electrons. The lowest BCUT2D eigenvalue weighted by molar-refractivity contribution is -0.137. The number of rotatable bonds is 5. The zero-order valence-corrected chi connectivity index (χ0v) is 21.6. The van der Waals surface area contributed by atoms with Crippen LogP contribution in [0.25, 0.3) is 10.9 Å². The average Bonchev–Trinajstić information content (AvgIpc) is 3.65. The standard InChI is InChI=1S/C28H30F3N5O2/c1-15(18-5-4-6-19(24(18)29)25(30)31)32-26-20-11-22-23(12-21(20)33-16(2)34-26)38-14-17-13-35(9-10-36(17)22)27(37)28(3)7-8-28/h4-6,11-12,15,17,25H,7-10,13-14H2,1-3H3,(H,32,33,34)/t15-,17-/m1/s1. The fourth-order valence-corrected chi connectivity index (χ4v) is 5.53. The number of aryl methyl sites for hydroxylation is 1. The van der Waals surface area contributed by atoms with Crippen molar-refractivity contribution in [1.29, 1.82) is 0 Å². The summed E-state index contributed by atoms with van der Waals surface area (Å²) in [5, 5.41) is 3.95. The second-order valence-corrected chi connectivity index (χ2v) is 10.8. The maximum Gasteiger partial charge on any atom is 0.266 e. The van der Waals surface area contributed by atoms with Crippen molar-refractivity contribution in [2.24, 2.45) is 5.41 Å². The predicted octanol–water partition coefficient (Wildman–Crippen LogP) is 5.40. The lowest BCUT2D eigenvalue weighted by atomic mass is 10.0. The van der Waals surface area contributed by atoms with Gasteiger partial charge in [0, 0.05) is 42.1 Å². The minimum Gasteiger partial charge on any atom is -0.489 e. The van der Waals surface area contributed by atoms with E-state index in [-0.39, 0.29) is 22.9 Å². The molecule has 38 heavy (non-hydrogen) atoms. The molecule has 6 rings (SSSR count). The monoisotopic (exact) mass is 525 g/mol. The summed E-state index contributed by atoms with van der Waals surface area (Å²) in [5.74, 6) is 1.04. The molecule has 1 amide bonds. The normalized spacial score (nSPS) is 20.6. The number of hydrogen-bond donors (Lipinski definition) is 1. The van der Waals surface area contributed by atoms with Crippen LogP contribution in [-0.4, -0.2) is 53.1 Å². The van der Waals surface area contributed by atoms with Gasteiger partial charge in [0.05, 0.1) is 28.9 Å². The molecular weight excluding hydrogens is 495 g/mol. The molecule has 2 atom stereocenters. The number of ether oxygens (including phenoxy) is 1. The number of carbonyl (C=O) groups excluding carboxylic acids is 1. The molecule has 2 fully saturated rings. The van der Waals surface area contributed by atoms with Crippen molar-refractivity contribution in [2.75, 3.05) is 36.5 Å². The predicted molar refractivity (Wildman–Crippen MR) is 138 cm³/mol. The summed E-state index contributed by atoms with van der Waals surface area (Å²) in [6.45, 7) is 7.93. The highest BCUT2D eigenvalue weighted by molar-refractivity contribution is 5.94. The molecule has 3 heterocycles. The smallest absolute Gasteiger partial charge is 0.266 e. The van der Waals surface area contributed by atoms with Gasteiger partial charge < -0.3 is 19.9 Å². The summed E-state index contributed by atoms with van der Waals surface area (Å²) in [5.41, 5.74) is 0.880. The van der Waals surface area contributed by atoms with E-state index in [1.54, 1.807) is 13.8 Å². The van der Waals surface area contributed by atoms with Gasteiger partial charge in [-0.3, -0.25) is 4.79 Å². The maximum atomic E-state index is 14.8. The molecule has 3 aromatic rings. The molecule has 0 spiro atoms. The largest absolute Gasteiger partial charge is 0.489 e. The first kappa shape index (κ1) is 24.8. The van der Waals surface area contributed by atoms with E-state index in [4.69, 9.17) is 4.74 Å². The summed E-state index contributed by atoms with van der Waals surface area (Å²) in [7, 11) is 0. The molecule has 7 nitrogen and oxygen atoms in total. The second-order valence-electron chi connectivity index (χ2n) is 10.8. The molecule has 0 unspecified atom stereocenters. The summed E-state index contributed by atoms with van der Waals surface area (Å²) in [6.07, 6.45) is -0.996. The van der Waals surface area contributed by atoms with Crippen LogP contribution >= 0.6 is 0 Å². The maximum absolute atomic E-state index is 14.8. The van der Waals surface area contributed by atoms with E-state index in [9.17, 15) is 18.0 Å². The Kier molecular flexibility index (Phi) is 5.88. The number of halogens is 3. The first-order chi connectivity index (χ1) is 18.1. The second kappa shape index (κ2) is 9.03. The van der Waals surface area contributed by atoms with Crippen LogP contribution in [0.2, 0.25) is 0 Å². The number of hydrogen-bond acceptors (Lipinski definition) is 6. The first-order valence-electron chi connectivity index (χ1n) is 13.0. The third-order valence-corrected chi connectivity index (χ3v) is 8.03. The molecule has 1 saturated heterocycles. The summed E-state index contributed by atoms with van der Waals surface area (Å²) in [6, 6.07) is 7.30. The highest BCUT2D eigenvalue weighted by Gasteiger charge is 2.48. The van der Waals surface area contributed by atoms with E-state index >= 15 is 0 Å². The van der Waals surface area contributed by atoms with Crippen molar-refractivity contribution in [3.8, 4) is 5.75 Å². The highest BCUT2D eigenvalue weighted by atomic mass is 19.3. The van der Waals surface area contributed by atoms with Crippen molar-refractivity contribution in [2.45, 2.75) is 52.1 Å². The van der Waals surface area contributed by atoms with E-state index in [1.807, 2.05) is 24.0 Å². The molecule has 2 aliphatic heterocycles. The van der Waals surface area contributed by atoms with Gasteiger partial charge in [-0.15, -0.1) is 0 Å². The number of fused-ring (bicyclic) bond motifs is 4. The molecule has 0 bridgehead atoms. The van der Waals surface area contributed by atoms with Crippen LogP contribution < -0.4 is 15.0 Å². The lowest BCUT2D eigenvalue weighted by Gasteiger charge is -2.46. The van der Waals surface area contributed by atoms with Crippen molar-refractivity contribution in [3.05, 3.63) is 53.1 Å². The summed E-state index contributed by atoms with van der Waals surface area (Å²) in [4.78, 5) is 26.3. The van der Waals surface area contributed by atoms with Gasteiger partial charge in [0.25, 0.3) is 6.43 Å². The van der Waals surface area contributed by atoms with Crippen LogP contribution in [0.4, 0.5) is 24.7 Å². The minimum atomic E-state index is -2.90. The number of nitrogens with zero attached hydrogens (tertiary/aromatic N) is 4. The Morgan fingerprint density at radius 3 is 2.68 bits per heavy atom. The van der Waals surface area contributed by atoms with Gasteiger partial charge in [0.2, 0.25) is 5.91 Å². The van der Waals surface area contributed by atoms with Crippen LogP contribution in [-0.2, 0) is 4.79 Å². The quantitative estimate of drug-likeness (QED) is 0.481. The van der Waals surface area contributed by atoms with Gasteiger partial charge >= 0.3 is 0 Å². The van der Waals surface area contributed by atoms with Gasteiger partial charge in [0.15, 0.2) is 0 Å². The van der Waals surface area contributed by atoms with Crippen LogP contribution in [0.5, 0.6) is 5.75 Å². The van der Waals surface area contributed by atoms with Crippen molar-refractivity contribution >= 4 is 28.3 Å².